The van der Waals surface area contributed by atoms with Gasteiger partial charge in [-0.05, 0) is 36.6 Å². The summed E-state index contributed by atoms with van der Waals surface area (Å²) in [5, 5.41) is 10.5. The van der Waals surface area contributed by atoms with Crippen LogP contribution in [0.15, 0.2) is 54.6 Å². The maximum atomic E-state index is 10.5. The van der Waals surface area contributed by atoms with Crippen molar-refractivity contribution in [1.82, 2.24) is 0 Å². The molecular weight excluding hydrogens is 258 g/mol. The first-order valence-electron chi connectivity index (χ1n) is 7.81. The summed E-state index contributed by atoms with van der Waals surface area (Å²) in [5.74, 6) is 0. The molecule has 0 saturated heterocycles. The van der Waals surface area contributed by atoms with Gasteiger partial charge in [-0.1, -0.05) is 55.8 Å². The molecule has 0 aliphatic heterocycles. The van der Waals surface area contributed by atoms with Gasteiger partial charge in [0.25, 0.3) is 0 Å². The first kappa shape index (κ1) is 15.6. The van der Waals surface area contributed by atoms with Crippen LogP contribution in [-0.2, 0) is 6.42 Å². The number of hydrogen-bond acceptors (Lipinski definition) is 2. The Hall–Kier alpha value is -1.80. The zero-order chi connectivity index (χ0) is 15.1. The lowest BCUT2D eigenvalue weighted by Crippen LogP contribution is -2.28. The minimum Gasteiger partial charge on any atom is -0.387 e. The van der Waals surface area contributed by atoms with Crippen molar-refractivity contribution in [3.63, 3.8) is 0 Å². The van der Waals surface area contributed by atoms with Gasteiger partial charge in [0.15, 0.2) is 0 Å². The van der Waals surface area contributed by atoms with Crippen LogP contribution in [0, 0.1) is 0 Å². The summed E-state index contributed by atoms with van der Waals surface area (Å²) in [4.78, 5) is 2.20. The fraction of sp³-hybridized carbons (Fsp3) is 0.368. The molecule has 1 atom stereocenters. The molecule has 0 aromatic heterocycles. The number of hydrogen-bond donors (Lipinski definition) is 1. The fourth-order valence-corrected chi connectivity index (χ4v) is 2.57. The molecule has 0 radical (unpaired) electrons. The van der Waals surface area contributed by atoms with E-state index in [0.29, 0.717) is 6.54 Å². The monoisotopic (exact) mass is 283 g/mol. The highest BCUT2D eigenvalue weighted by Gasteiger charge is 2.12. The summed E-state index contributed by atoms with van der Waals surface area (Å²) in [7, 11) is 0. The molecule has 2 aromatic rings. The Kier molecular flexibility index (Phi) is 5.82. The van der Waals surface area contributed by atoms with Crippen LogP contribution < -0.4 is 4.90 Å². The maximum absolute atomic E-state index is 10.5. The SMILES string of the molecule is CCCc1ccc(C(O)CN(CC)c2ccccc2)cc1. The van der Waals surface area contributed by atoms with Crippen LogP contribution in [0.1, 0.15) is 37.5 Å². The van der Waals surface area contributed by atoms with E-state index >= 15 is 0 Å². The number of aliphatic hydroxyl groups excluding tert-OH is 1. The van der Waals surface area contributed by atoms with Gasteiger partial charge in [-0.15, -0.1) is 0 Å². The molecule has 2 heteroatoms. The van der Waals surface area contributed by atoms with Gasteiger partial charge in [0.1, 0.15) is 0 Å². The zero-order valence-electron chi connectivity index (χ0n) is 13.0. The maximum Gasteiger partial charge on any atom is 0.0964 e. The topological polar surface area (TPSA) is 23.5 Å². The number of para-hydroxylation sites is 1. The number of anilines is 1. The van der Waals surface area contributed by atoms with Crippen molar-refractivity contribution in [3.8, 4) is 0 Å². The van der Waals surface area contributed by atoms with Crippen molar-refractivity contribution >= 4 is 5.69 Å². The van der Waals surface area contributed by atoms with Crippen LogP contribution >= 0.6 is 0 Å². The van der Waals surface area contributed by atoms with Gasteiger partial charge in [-0.25, -0.2) is 0 Å². The predicted molar refractivity (Wildman–Crippen MR) is 89.7 cm³/mol. The number of likely N-dealkylation sites (N-methyl/N-ethyl adjacent to an activating group) is 1. The first-order valence-corrected chi connectivity index (χ1v) is 7.81. The summed E-state index contributed by atoms with van der Waals surface area (Å²) in [6, 6.07) is 18.6. The Bertz CT molecular complexity index is 521. The van der Waals surface area contributed by atoms with Gasteiger partial charge in [-0.2, -0.15) is 0 Å². The fourth-order valence-electron chi connectivity index (χ4n) is 2.57. The highest BCUT2D eigenvalue weighted by atomic mass is 16.3. The number of benzene rings is 2. The third-order valence-electron chi connectivity index (χ3n) is 3.80. The van der Waals surface area contributed by atoms with Crippen molar-refractivity contribution in [2.45, 2.75) is 32.8 Å². The minimum atomic E-state index is -0.458. The molecule has 2 aromatic carbocycles. The highest BCUT2D eigenvalue weighted by Crippen LogP contribution is 2.20. The summed E-state index contributed by atoms with van der Waals surface area (Å²) in [6.07, 6.45) is 1.79. The zero-order valence-corrected chi connectivity index (χ0v) is 13.0. The molecule has 1 unspecified atom stereocenters. The summed E-state index contributed by atoms with van der Waals surface area (Å²) >= 11 is 0. The van der Waals surface area contributed by atoms with Gasteiger partial charge >= 0.3 is 0 Å². The first-order chi connectivity index (χ1) is 10.2. The van der Waals surface area contributed by atoms with Crippen molar-refractivity contribution in [2.75, 3.05) is 18.0 Å². The van der Waals surface area contributed by atoms with Gasteiger partial charge in [-0.3, -0.25) is 0 Å². The van der Waals surface area contributed by atoms with Crippen LogP contribution in [0.5, 0.6) is 0 Å². The molecule has 0 spiro atoms. The van der Waals surface area contributed by atoms with Crippen molar-refractivity contribution in [3.05, 3.63) is 65.7 Å². The number of rotatable bonds is 7. The van der Waals surface area contributed by atoms with E-state index in [2.05, 4.69) is 55.1 Å². The lowest BCUT2D eigenvalue weighted by molar-refractivity contribution is 0.183. The van der Waals surface area contributed by atoms with E-state index in [-0.39, 0.29) is 0 Å². The van der Waals surface area contributed by atoms with Gasteiger partial charge in [0.2, 0.25) is 0 Å². The van der Waals surface area contributed by atoms with E-state index < -0.39 is 6.10 Å². The highest BCUT2D eigenvalue weighted by molar-refractivity contribution is 5.46. The van der Waals surface area contributed by atoms with Gasteiger partial charge < -0.3 is 10.0 Å². The van der Waals surface area contributed by atoms with E-state index in [0.717, 1.165) is 30.6 Å². The van der Waals surface area contributed by atoms with Crippen LogP contribution in [0.25, 0.3) is 0 Å². The predicted octanol–water partition coefficient (Wildman–Crippen LogP) is 4.20. The van der Waals surface area contributed by atoms with Crippen LogP contribution in [-0.4, -0.2) is 18.2 Å². The molecule has 2 nitrogen and oxygen atoms in total. The quantitative estimate of drug-likeness (QED) is 0.823. The second kappa shape index (κ2) is 7.84. The molecule has 21 heavy (non-hydrogen) atoms. The average Bonchev–Trinajstić information content (AvgIpc) is 2.54. The van der Waals surface area contributed by atoms with Crippen molar-refractivity contribution in [2.24, 2.45) is 0 Å². The molecule has 0 heterocycles. The molecule has 2 rings (SSSR count). The number of nitrogens with zero attached hydrogens (tertiary/aromatic N) is 1. The van der Waals surface area contributed by atoms with E-state index in [1.54, 1.807) is 0 Å². The molecule has 0 saturated carbocycles. The van der Waals surface area contributed by atoms with Crippen molar-refractivity contribution < 1.29 is 5.11 Å². The van der Waals surface area contributed by atoms with Gasteiger partial charge in [0, 0.05) is 18.8 Å². The van der Waals surface area contributed by atoms with Crippen LogP contribution in [0.4, 0.5) is 5.69 Å². The molecule has 0 bridgehead atoms. The third kappa shape index (κ3) is 4.33. The third-order valence-corrected chi connectivity index (χ3v) is 3.80. The molecule has 0 fully saturated rings. The van der Waals surface area contributed by atoms with E-state index in [9.17, 15) is 5.11 Å². The van der Waals surface area contributed by atoms with E-state index in [1.165, 1.54) is 5.56 Å². The number of aryl methyl sites for hydroxylation is 1. The van der Waals surface area contributed by atoms with Crippen LogP contribution in [0.3, 0.4) is 0 Å². The largest absolute Gasteiger partial charge is 0.387 e. The minimum absolute atomic E-state index is 0.458. The Balaban J connectivity index is 2.03. The Morgan fingerprint density at radius 3 is 2.19 bits per heavy atom. The second-order valence-corrected chi connectivity index (χ2v) is 5.38. The van der Waals surface area contributed by atoms with E-state index in [4.69, 9.17) is 0 Å². The lowest BCUT2D eigenvalue weighted by atomic mass is 10.0. The van der Waals surface area contributed by atoms with Gasteiger partial charge in [0.05, 0.1) is 6.10 Å². The van der Waals surface area contributed by atoms with Crippen molar-refractivity contribution in [1.29, 1.82) is 0 Å². The normalized spacial score (nSPS) is 12.1. The summed E-state index contributed by atoms with van der Waals surface area (Å²) < 4.78 is 0. The molecule has 1 N–H and O–H groups in total. The standard InChI is InChI=1S/C19H25NO/c1-3-8-16-11-13-17(14-12-16)19(21)15-20(4-2)18-9-6-5-7-10-18/h5-7,9-14,19,21H,3-4,8,15H2,1-2H3. The molecular formula is C19H25NO. The average molecular weight is 283 g/mol. The Morgan fingerprint density at radius 1 is 0.952 bits per heavy atom. The van der Waals surface area contributed by atoms with Crippen LogP contribution in [0.2, 0.25) is 0 Å². The molecule has 0 aliphatic rings. The summed E-state index contributed by atoms with van der Waals surface area (Å²) in [6.45, 7) is 5.80. The van der Waals surface area contributed by atoms with E-state index in [1.807, 2.05) is 18.2 Å². The lowest BCUT2D eigenvalue weighted by Gasteiger charge is -2.26. The second-order valence-electron chi connectivity index (χ2n) is 5.38. The Labute approximate surface area is 128 Å². The molecule has 0 amide bonds. The molecule has 0 aliphatic carbocycles. The smallest absolute Gasteiger partial charge is 0.0964 e. The molecule has 112 valence electrons. The summed E-state index contributed by atoms with van der Waals surface area (Å²) in [5.41, 5.74) is 3.48. The Morgan fingerprint density at radius 2 is 1.62 bits per heavy atom. The number of aliphatic hydroxyl groups is 1.